The largest absolute Gasteiger partial charge is 0.506 e. The number of allylic oxidation sites excluding steroid dienone is 1. The third-order valence-corrected chi connectivity index (χ3v) is 3.44. The summed E-state index contributed by atoms with van der Waals surface area (Å²) in [5, 5.41) is 28.9. The molecule has 114 valence electrons. The van der Waals surface area contributed by atoms with Gasteiger partial charge in [-0.1, -0.05) is 0 Å². The molecule has 3 rings (SSSR count). The number of aliphatic carboxylic acids is 1. The molecule has 1 unspecified atom stereocenters. The molecule has 0 saturated heterocycles. The second-order valence-electron chi connectivity index (χ2n) is 5.15. The molecule has 1 aliphatic heterocycles. The fourth-order valence-electron chi connectivity index (χ4n) is 2.26. The van der Waals surface area contributed by atoms with Crippen LogP contribution in [-0.2, 0) is 4.79 Å². The molecule has 1 aromatic rings. The van der Waals surface area contributed by atoms with Gasteiger partial charge in [0.2, 0.25) is 0 Å². The monoisotopic (exact) mass is 302 g/mol. The summed E-state index contributed by atoms with van der Waals surface area (Å²) in [6.45, 7) is 0. The molecule has 7 nitrogen and oxygen atoms in total. The molecule has 0 bridgehead atoms. The van der Waals surface area contributed by atoms with Gasteiger partial charge in [-0.3, -0.25) is 0 Å². The highest BCUT2D eigenvalue weighted by Crippen LogP contribution is 2.39. The predicted molar refractivity (Wildman–Crippen MR) is 79.9 cm³/mol. The zero-order valence-electron chi connectivity index (χ0n) is 11.9. The number of hydrogen-bond acceptors (Lipinski definition) is 6. The molecule has 1 aliphatic carbocycles. The predicted octanol–water partition coefficient (Wildman–Crippen LogP) is 1.37. The molecular formula is C15H14N2O5. The quantitative estimate of drug-likeness (QED) is 0.762. The smallest absolute Gasteiger partial charge is 0.337 e. The maximum Gasteiger partial charge on any atom is 0.337 e. The maximum absolute atomic E-state index is 11.3. The van der Waals surface area contributed by atoms with Gasteiger partial charge in [0, 0.05) is 25.8 Å². The molecule has 1 aromatic carbocycles. The minimum absolute atomic E-state index is 0.000373. The molecule has 0 saturated carbocycles. The summed E-state index contributed by atoms with van der Waals surface area (Å²) >= 11 is 0. The molecule has 7 heteroatoms. The van der Waals surface area contributed by atoms with Crippen molar-refractivity contribution in [1.82, 2.24) is 0 Å². The highest BCUT2D eigenvalue weighted by molar-refractivity contribution is 6.27. The number of fused-ring (bicyclic) bond motifs is 2. The number of aliphatic hydroxyl groups is 2. The Morgan fingerprint density at radius 1 is 1.36 bits per heavy atom. The third-order valence-electron chi connectivity index (χ3n) is 3.44. The van der Waals surface area contributed by atoms with E-state index >= 15 is 0 Å². The first-order valence-electron chi connectivity index (χ1n) is 6.53. The van der Waals surface area contributed by atoms with Crippen LogP contribution in [0.15, 0.2) is 46.4 Å². The zero-order chi connectivity index (χ0) is 16.0. The minimum atomic E-state index is -1.43. The van der Waals surface area contributed by atoms with E-state index in [-0.39, 0.29) is 17.0 Å². The van der Waals surface area contributed by atoms with E-state index < -0.39 is 17.8 Å². The van der Waals surface area contributed by atoms with E-state index in [1.807, 2.05) is 25.1 Å². The molecule has 0 radical (unpaired) electrons. The fourth-order valence-corrected chi connectivity index (χ4v) is 2.26. The Labute approximate surface area is 126 Å². The summed E-state index contributed by atoms with van der Waals surface area (Å²) < 4.78 is 5.60. The van der Waals surface area contributed by atoms with Gasteiger partial charge in [0.1, 0.15) is 17.5 Å². The van der Waals surface area contributed by atoms with Crippen molar-refractivity contribution in [3.8, 4) is 5.75 Å². The van der Waals surface area contributed by atoms with Gasteiger partial charge in [0.25, 0.3) is 0 Å². The highest BCUT2D eigenvalue weighted by Gasteiger charge is 2.35. The molecule has 2 aliphatic rings. The number of aliphatic imine (C=N–C) groups is 1. The van der Waals surface area contributed by atoms with E-state index in [9.17, 15) is 20.1 Å². The first-order chi connectivity index (χ1) is 10.4. The molecule has 0 amide bonds. The van der Waals surface area contributed by atoms with E-state index in [0.717, 1.165) is 11.8 Å². The van der Waals surface area contributed by atoms with Crippen LogP contribution in [0.2, 0.25) is 0 Å². The number of carbonyl (C=O) groups is 1. The number of carboxylic acid groups (broad SMARTS) is 1. The average Bonchev–Trinajstić information content (AvgIpc) is 2.48. The van der Waals surface area contributed by atoms with Gasteiger partial charge in [-0.25, -0.2) is 9.79 Å². The number of aliphatic hydroxyl groups excluding tert-OH is 2. The second-order valence-corrected chi connectivity index (χ2v) is 5.15. The van der Waals surface area contributed by atoms with Crippen LogP contribution in [0.3, 0.4) is 0 Å². The molecule has 1 heterocycles. The minimum Gasteiger partial charge on any atom is -0.506 e. The summed E-state index contributed by atoms with van der Waals surface area (Å²) in [7, 11) is 3.73. The van der Waals surface area contributed by atoms with Crippen LogP contribution in [0.4, 0.5) is 11.4 Å². The van der Waals surface area contributed by atoms with Gasteiger partial charge in [0.15, 0.2) is 17.3 Å². The SMILES string of the molecule is CN(C)c1ccc2c(c1)OC1=C(O)C(O)C=C(C(=O)O)C1=N2. The summed E-state index contributed by atoms with van der Waals surface area (Å²) in [5.41, 5.74) is 1.12. The fraction of sp³-hybridized carbons (Fsp3) is 0.200. The molecule has 0 spiro atoms. The first kappa shape index (κ1) is 14.2. The Kier molecular flexibility index (Phi) is 3.14. The van der Waals surface area contributed by atoms with E-state index in [2.05, 4.69) is 4.99 Å². The van der Waals surface area contributed by atoms with Crippen LogP contribution in [-0.4, -0.2) is 47.2 Å². The molecular weight excluding hydrogens is 288 g/mol. The summed E-state index contributed by atoms with van der Waals surface area (Å²) in [6, 6.07) is 5.25. The van der Waals surface area contributed by atoms with E-state index in [1.54, 1.807) is 12.1 Å². The third kappa shape index (κ3) is 2.11. The van der Waals surface area contributed by atoms with Crippen molar-refractivity contribution in [3.05, 3.63) is 41.4 Å². The molecule has 0 aromatic heterocycles. The van der Waals surface area contributed by atoms with Crippen molar-refractivity contribution in [2.75, 3.05) is 19.0 Å². The van der Waals surface area contributed by atoms with Crippen molar-refractivity contribution in [3.63, 3.8) is 0 Å². The highest BCUT2D eigenvalue weighted by atomic mass is 16.5. The van der Waals surface area contributed by atoms with Gasteiger partial charge < -0.3 is 25.0 Å². The first-order valence-corrected chi connectivity index (χ1v) is 6.53. The summed E-state index contributed by atoms with van der Waals surface area (Å²) in [6.07, 6.45) is -0.402. The van der Waals surface area contributed by atoms with Crippen molar-refractivity contribution >= 4 is 23.1 Å². The van der Waals surface area contributed by atoms with Gasteiger partial charge in [-0.05, 0) is 18.2 Å². The molecule has 0 fully saturated rings. The Balaban J connectivity index is 2.16. The van der Waals surface area contributed by atoms with Crippen LogP contribution in [0.5, 0.6) is 5.75 Å². The lowest BCUT2D eigenvalue weighted by molar-refractivity contribution is -0.132. The standard InChI is InChI=1S/C15H14N2O5/c1-17(2)7-3-4-9-11(5-7)22-14-12(16-9)8(15(20)21)6-10(18)13(14)19/h3-6,10,18-19H,1-2H3,(H,20,21). The summed E-state index contributed by atoms with van der Waals surface area (Å²) in [4.78, 5) is 17.4. The number of rotatable bonds is 2. The van der Waals surface area contributed by atoms with Gasteiger partial charge in [-0.2, -0.15) is 0 Å². The Morgan fingerprint density at radius 2 is 2.09 bits per heavy atom. The van der Waals surface area contributed by atoms with Gasteiger partial charge >= 0.3 is 5.97 Å². The van der Waals surface area contributed by atoms with Crippen LogP contribution in [0.1, 0.15) is 0 Å². The molecule has 22 heavy (non-hydrogen) atoms. The van der Waals surface area contributed by atoms with Crippen molar-refractivity contribution in [2.24, 2.45) is 4.99 Å². The van der Waals surface area contributed by atoms with Crippen LogP contribution in [0, 0.1) is 0 Å². The lowest BCUT2D eigenvalue weighted by Gasteiger charge is -2.26. The van der Waals surface area contributed by atoms with Crippen molar-refractivity contribution in [1.29, 1.82) is 0 Å². The van der Waals surface area contributed by atoms with Crippen LogP contribution >= 0.6 is 0 Å². The maximum atomic E-state index is 11.3. The van der Waals surface area contributed by atoms with E-state index in [4.69, 9.17) is 4.74 Å². The van der Waals surface area contributed by atoms with Gasteiger partial charge in [0.05, 0.1) is 5.57 Å². The normalized spacial score (nSPS) is 19.5. The number of carboxylic acids is 1. The topological polar surface area (TPSA) is 103 Å². The second kappa shape index (κ2) is 4.88. The summed E-state index contributed by atoms with van der Waals surface area (Å²) in [5.74, 6) is -1.45. The number of hydrogen-bond donors (Lipinski definition) is 3. The van der Waals surface area contributed by atoms with Crippen LogP contribution < -0.4 is 9.64 Å². The number of nitrogens with zero attached hydrogens (tertiary/aromatic N) is 2. The average molecular weight is 302 g/mol. The number of anilines is 1. The molecule has 1 atom stereocenters. The lowest BCUT2D eigenvalue weighted by Crippen LogP contribution is -2.30. The van der Waals surface area contributed by atoms with E-state index in [1.165, 1.54) is 0 Å². The van der Waals surface area contributed by atoms with Crippen molar-refractivity contribution in [2.45, 2.75) is 6.10 Å². The van der Waals surface area contributed by atoms with Crippen LogP contribution in [0.25, 0.3) is 0 Å². The lowest BCUT2D eigenvalue weighted by atomic mass is 9.97. The zero-order valence-corrected chi connectivity index (χ0v) is 11.9. The number of benzene rings is 1. The number of ether oxygens (including phenoxy) is 1. The Morgan fingerprint density at radius 3 is 2.73 bits per heavy atom. The Hall–Kier alpha value is -2.80. The van der Waals surface area contributed by atoms with Crippen molar-refractivity contribution < 1.29 is 24.9 Å². The Bertz CT molecular complexity index is 761. The van der Waals surface area contributed by atoms with Gasteiger partial charge in [-0.15, -0.1) is 0 Å². The molecule has 3 N–H and O–H groups in total. The van der Waals surface area contributed by atoms with E-state index in [0.29, 0.717) is 11.4 Å².